The number of carbonyl (C=O) groups excluding carboxylic acids is 1. The van der Waals surface area contributed by atoms with Crippen LogP contribution in [0.15, 0.2) is 4.99 Å². The molecule has 1 rings (SSSR count). The van der Waals surface area contributed by atoms with Gasteiger partial charge in [-0.05, 0) is 0 Å². The van der Waals surface area contributed by atoms with Crippen LogP contribution in [0.5, 0.6) is 0 Å². The highest BCUT2D eigenvalue weighted by molar-refractivity contribution is 6.14. The van der Waals surface area contributed by atoms with E-state index >= 15 is 0 Å². The summed E-state index contributed by atoms with van der Waals surface area (Å²) in [5, 5.41) is 26.1. The average Bonchev–Trinajstić information content (AvgIpc) is 1.81. The highest BCUT2D eigenvalue weighted by Gasteiger charge is 2.32. The van der Waals surface area contributed by atoms with Gasteiger partial charge in [0.25, 0.3) is 5.79 Å². The maximum Gasteiger partial charge on any atom is 0.346 e. The summed E-state index contributed by atoms with van der Waals surface area (Å²) < 4.78 is 0. The second-order valence-electron chi connectivity index (χ2n) is 1.79. The molecule has 54 valence electrons. The number of nitrogens with zero attached hydrogens (tertiary/aromatic N) is 1. The van der Waals surface area contributed by atoms with E-state index < -0.39 is 17.7 Å². The molecule has 2 amide bonds. The van der Waals surface area contributed by atoms with Crippen LogP contribution in [0.25, 0.3) is 0 Å². The zero-order chi connectivity index (χ0) is 7.78. The van der Waals surface area contributed by atoms with Gasteiger partial charge in [-0.1, -0.05) is 0 Å². The molecule has 1 aliphatic rings. The highest BCUT2D eigenvalue weighted by atomic mass is 16.5. The molecular weight excluding hydrogens is 138 g/mol. The lowest BCUT2D eigenvalue weighted by Gasteiger charge is -2.20. The van der Waals surface area contributed by atoms with Gasteiger partial charge in [0.15, 0.2) is 5.84 Å². The molecule has 1 heterocycles. The molecule has 0 aromatic heterocycles. The Morgan fingerprint density at radius 3 is 2.70 bits per heavy atom. The van der Waals surface area contributed by atoms with Crippen LogP contribution in [0.3, 0.4) is 0 Å². The van der Waals surface area contributed by atoms with E-state index in [2.05, 4.69) is 4.99 Å². The normalized spacial score (nSPS) is 22.6. The fourth-order valence-corrected chi connectivity index (χ4v) is 0.444. The van der Waals surface area contributed by atoms with Crippen LogP contribution in [-0.2, 0) is 0 Å². The van der Waals surface area contributed by atoms with Crippen LogP contribution in [0.1, 0.15) is 0 Å². The molecule has 0 saturated carbocycles. The van der Waals surface area contributed by atoms with E-state index in [0.29, 0.717) is 6.21 Å². The van der Waals surface area contributed by atoms with Gasteiger partial charge in [0.05, 0.1) is 6.21 Å². The van der Waals surface area contributed by atoms with Crippen LogP contribution in [0, 0.1) is 5.41 Å². The molecule has 0 fully saturated rings. The Labute approximate surface area is 55.7 Å². The van der Waals surface area contributed by atoms with Gasteiger partial charge in [-0.3, -0.25) is 10.7 Å². The minimum absolute atomic E-state index is 0.591. The Morgan fingerprint density at radius 2 is 2.30 bits per heavy atom. The van der Waals surface area contributed by atoms with Crippen LogP contribution < -0.4 is 5.32 Å². The molecule has 6 nitrogen and oxygen atoms in total. The van der Waals surface area contributed by atoms with Crippen LogP contribution >= 0.6 is 0 Å². The number of aliphatic imine (C=N–C) groups is 1. The van der Waals surface area contributed by atoms with E-state index in [0.717, 1.165) is 0 Å². The summed E-state index contributed by atoms with van der Waals surface area (Å²) in [5.74, 6) is -3.11. The molecule has 0 bridgehead atoms. The number of amidine groups is 1. The van der Waals surface area contributed by atoms with Crippen LogP contribution in [0.2, 0.25) is 0 Å². The molecule has 4 N–H and O–H groups in total. The first-order chi connectivity index (χ1) is 4.52. The number of aliphatic hydroxyl groups is 2. The van der Waals surface area contributed by atoms with Gasteiger partial charge in [0, 0.05) is 0 Å². The minimum atomic E-state index is -2.42. The maximum atomic E-state index is 10.3. The van der Waals surface area contributed by atoms with E-state index in [9.17, 15) is 4.79 Å². The Hall–Kier alpha value is -1.27. The van der Waals surface area contributed by atoms with Crippen molar-refractivity contribution in [3.05, 3.63) is 0 Å². The molecule has 6 heteroatoms. The summed E-state index contributed by atoms with van der Waals surface area (Å²) in [5.41, 5.74) is 0. The van der Waals surface area contributed by atoms with Gasteiger partial charge >= 0.3 is 6.03 Å². The summed E-state index contributed by atoms with van der Waals surface area (Å²) >= 11 is 0. The van der Waals surface area contributed by atoms with Crippen LogP contribution in [-0.4, -0.2) is 34.1 Å². The molecule has 0 aliphatic carbocycles. The van der Waals surface area contributed by atoms with Crippen molar-refractivity contribution in [2.75, 3.05) is 0 Å². The molecule has 0 aromatic rings. The Bertz CT molecular complexity index is 220. The number of urea groups is 1. The van der Waals surface area contributed by atoms with Gasteiger partial charge < -0.3 is 10.2 Å². The number of hydrogen-bond donors (Lipinski definition) is 4. The molecule has 0 aromatic carbocycles. The average molecular weight is 143 g/mol. The van der Waals surface area contributed by atoms with Crippen molar-refractivity contribution in [1.82, 2.24) is 5.32 Å². The first kappa shape index (κ1) is 6.84. The monoisotopic (exact) mass is 143 g/mol. The largest absolute Gasteiger partial charge is 0.355 e. The van der Waals surface area contributed by atoms with Crippen LogP contribution in [0.4, 0.5) is 4.79 Å². The Morgan fingerprint density at radius 1 is 1.70 bits per heavy atom. The highest BCUT2D eigenvalue weighted by Crippen LogP contribution is 2.00. The lowest BCUT2D eigenvalue weighted by molar-refractivity contribution is -0.0368. The van der Waals surface area contributed by atoms with E-state index in [-0.39, 0.29) is 0 Å². The summed E-state index contributed by atoms with van der Waals surface area (Å²) in [6.45, 7) is 0. The van der Waals surface area contributed by atoms with Crippen molar-refractivity contribution in [2.45, 2.75) is 5.79 Å². The summed E-state index contributed by atoms with van der Waals surface area (Å²) in [6.07, 6.45) is 0.591. The van der Waals surface area contributed by atoms with Gasteiger partial charge in [-0.2, -0.15) is 0 Å². The second-order valence-corrected chi connectivity index (χ2v) is 1.79. The predicted octanol–water partition coefficient (Wildman–Crippen LogP) is -1.56. The molecule has 10 heavy (non-hydrogen) atoms. The molecule has 0 radical (unpaired) electrons. The predicted molar refractivity (Wildman–Crippen MR) is 31.9 cm³/mol. The number of carbonyl (C=O) groups is 1. The van der Waals surface area contributed by atoms with Crippen molar-refractivity contribution in [3.63, 3.8) is 0 Å². The topological polar surface area (TPSA) is 106 Å². The third kappa shape index (κ3) is 1.02. The van der Waals surface area contributed by atoms with E-state index in [1.54, 1.807) is 0 Å². The van der Waals surface area contributed by atoms with Crippen molar-refractivity contribution < 1.29 is 15.0 Å². The summed E-state index contributed by atoms with van der Waals surface area (Å²) in [7, 11) is 0. The van der Waals surface area contributed by atoms with Crippen molar-refractivity contribution >= 4 is 18.1 Å². The molecule has 0 unspecified atom stereocenters. The number of hydrogen-bond acceptors (Lipinski definition) is 4. The van der Waals surface area contributed by atoms with Crippen molar-refractivity contribution in [3.8, 4) is 0 Å². The van der Waals surface area contributed by atoms with Crippen molar-refractivity contribution in [1.29, 1.82) is 5.41 Å². The molecule has 0 atom stereocenters. The zero-order valence-electron chi connectivity index (χ0n) is 4.83. The van der Waals surface area contributed by atoms with Gasteiger partial charge in [-0.15, -0.1) is 0 Å². The fraction of sp³-hybridized carbons (Fsp3) is 0.250. The maximum absolute atomic E-state index is 10.3. The van der Waals surface area contributed by atoms with E-state index in [4.69, 9.17) is 15.6 Å². The molecule has 1 aliphatic heterocycles. The first-order valence-corrected chi connectivity index (χ1v) is 2.42. The van der Waals surface area contributed by atoms with Gasteiger partial charge in [0.1, 0.15) is 0 Å². The van der Waals surface area contributed by atoms with E-state index in [1.807, 2.05) is 5.32 Å². The number of rotatable bonds is 0. The fourth-order valence-electron chi connectivity index (χ4n) is 0.444. The molecular formula is C4H5N3O3. The SMILES string of the molecule is N=C1NC(=O)N=CC1(O)O. The number of amides is 2. The number of nitrogens with one attached hydrogen (secondary N) is 2. The smallest absolute Gasteiger partial charge is 0.346 e. The second kappa shape index (κ2) is 1.86. The zero-order valence-corrected chi connectivity index (χ0v) is 4.83. The standard InChI is InChI=1S/C4H5N3O3/c5-2-4(9,10)1-6-3(8)7-2/h1,9-10H,(H2,5,7,8). The lowest BCUT2D eigenvalue weighted by Crippen LogP contribution is -2.52. The van der Waals surface area contributed by atoms with E-state index in [1.165, 1.54) is 0 Å². The third-order valence-corrected chi connectivity index (χ3v) is 0.962. The Kier molecular flexibility index (Phi) is 1.27. The minimum Gasteiger partial charge on any atom is -0.355 e. The summed E-state index contributed by atoms with van der Waals surface area (Å²) in [4.78, 5) is 13.3. The molecule has 0 saturated heterocycles. The lowest BCUT2D eigenvalue weighted by atomic mass is 10.2. The van der Waals surface area contributed by atoms with Gasteiger partial charge in [-0.25, -0.2) is 9.79 Å². The van der Waals surface area contributed by atoms with Gasteiger partial charge in [0.2, 0.25) is 0 Å². The quantitative estimate of drug-likeness (QED) is 0.308. The third-order valence-electron chi connectivity index (χ3n) is 0.962. The Balaban J connectivity index is 2.93. The first-order valence-electron chi connectivity index (χ1n) is 2.42. The summed E-state index contributed by atoms with van der Waals surface area (Å²) in [6, 6.07) is -0.774. The molecule has 0 spiro atoms. The van der Waals surface area contributed by atoms with Crippen molar-refractivity contribution in [2.24, 2.45) is 4.99 Å².